The summed E-state index contributed by atoms with van der Waals surface area (Å²) in [4.78, 5) is 5.48. The van der Waals surface area contributed by atoms with Gasteiger partial charge in [-0.1, -0.05) is 196 Å². The molecule has 0 saturated heterocycles. The van der Waals surface area contributed by atoms with Crippen molar-refractivity contribution in [1.82, 2.24) is 0 Å². The zero-order valence-electron chi connectivity index (χ0n) is 47.0. The Kier molecular flexibility index (Phi) is 11.5. The standard InChI is InChI=1S/C69H79BN2S/c1-64(2,3)45-28-31-49(32-29-45)71-57-39-48(67(10,11)12)40-58-61(57)70(60-52-41-53-54(42-59(52)73-63(60)71)69(15,16)35-34-68(53,13)14)55-38-46(65(4,5)6)30-33-56(55)72(58)62-50(43-24-20-17-18-21-25-43)36-47(66(7,8)9)37-51(62)44-26-22-19-23-27-44/h17-23,26-33,36-43H,24-25,34-35H2,1-16H3. The Morgan fingerprint density at radius 2 is 1.07 bits per heavy atom. The van der Waals surface area contributed by atoms with Gasteiger partial charge in [0.15, 0.2) is 0 Å². The molecule has 0 spiro atoms. The predicted molar refractivity (Wildman–Crippen MR) is 322 cm³/mol. The first-order valence-electron chi connectivity index (χ1n) is 27.4. The summed E-state index contributed by atoms with van der Waals surface area (Å²) >= 11 is 2.02. The highest BCUT2D eigenvalue weighted by atomic mass is 32.1. The lowest BCUT2D eigenvalue weighted by Crippen LogP contribution is -2.61. The summed E-state index contributed by atoms with van der Waals surface area (Å²) in [6, 6.07) is 44.2. The average Bonchev–Trinajstić information content (AvgIpc) is 3.47. The van der Waals surface area contributed by atoms with Gasteiger partial charge in [0.05, 0.1) is 10.7 Å². The molecule has 2 nitrogen and oxygen atoms in total. The number of thiophene rings is 1. The molecule has 4 aliphatic rings. The Balaban J connectivity index is 1.33. The molecule has 2 aliphatic heterocycles. The van der Waals surface area contributed by atoms with Crippen molar-refractivity contribution in [2.75, 3.05) is 9.80 Å². The van der Waals surface area contributed by atoms with Gasteiger partial charge in [0.2, 0.25) is 0 Å². The third kappa shape index (κ3) is 8.38. The molecule has 0 unspecified atom stereocenters. The van der Waals surface area contributed by atoms with E-state index in [9.17, 15) is 0 Å². The Morgan fingerprint density at radius 1 is 0.521 bits per heavy atom. The summed E-state index contributed by atoms with van der Waals surface area (Å²) < 4.78 is 1.40. The molecule has 11 rings (SSSR count). The minimum Gasteiger partial charge on any atom is -0.311 e. The highest BCUT2D eigenvalue weighted by molar-refractivity contribution is 7.26. The van der Waals surface area contributed by atoms with Crippen molar-refractivity contribution >= 4 is 78.0 Å². The van der Waals surface area contributed by atoms with E-state index < -0.39 is 0 Å². The number of rotatable bonds is 4. The van der Waals surface area contributed by atoms with Gasteiger partial charge < -0.3 is 9.80 Å². The number of hydrogen-bond donors (Lipinski definition) is 0. The lowest BCUT2D eigenvalue weighted by molar-refractivity contribution is 0.332. The van der Waals surface area contributed by atoms with Crippen molar-refractivity contribution in [3.63, 3.8) is 0 Å². The minimum atomic E-state index is -0.139. The Bertz CT molecular complexity index is 3370. The number of nitrogens with zero attached hydrogens (tertiary/aromatic N) is 2. The smallest absolute Gasteiger partial charge is 0.254 e. The molecular weight excluding hydrogens is 900 g/mol. The van der Waals surface area contributed by atoms with E-state index in [2.05, 4.69) is 254 Å². The van der Waals surface area contributed by atoms with E-state index in [0.29, 0.717) is 0 Å². The molecule has 2 aliphatic carbocycles. The highest BCUT2D eigenvalue weighted by Crippen LogP contribution is 2.55. The second-order valence-corrected chi connectivity index (χ2v) is 28.7. The van der Waals surface area contributed by atoms with Gasteiger partial charge in [-0.15, -0.1) is 11.3 Å². The van der Waals surface area contributed by atoms with Gasteiger partial charge in [-0.2, -0.15) is 0 Å². The van der Waals surface area contributed by atoms with Crippen LogP contribution >= 0.6 is 11.3 Å². The summed E-state index contributed by atoms with van der Waals surface area (Å²) in [5.41, 5.74) is 23.1. The van der Waals surface area contributed by atoms with Gasteiger partial charge in [-0.25, -0.2) is 0 Å². The first-order valence-corrected chi connectivity index (χ1v) is 28.2. The first-order chi connectivity index (χ1) is 34.2. The van der Waals surface area contributed by atoms with Gasteiger partial charge in [-0.05, 0) is 179 Å². The normalized spacial score (nSPS) is 17.3. The minimum absolute atomic E-state index is 0.000371. The number of fused-ring (bicyclic) bond motifs is 7. The van der Waals surface area contributed by atoms with Crippen LogP contribution < -0.4 is 26.2 Å². The van der Waals surface area contributed by atoms with Crippen LogP contribution in [0.25, 0.3) is 21.2 Å². The third-order valence-corrected chi connectivity index (χ3v) is 18.5. The van der Waals surface area contributed by atoms with Crippen molar-refractivity contribution in [2.24, 2.45) is 0 Å². The third-order valence-electron chi connectivity index (χ3n) is 17.4. The molecule has 0 N–H and O–H groups in total. The van der Waals surface area contributed by atoms with Crippen molar-refractivity contribution in [3.8, 4) is 11.1 Å². The number of allylic oxidation sites excluding steroid dienone is 4. The van der Waals surface area contributed by atoms with Crippen molar-refractivity contribution in [1.29, 1.82) is 0 Å². The van der Waals surface area contributed by atoms with Crippen LogP contribution in [0.2, 0.25) is 0 Å². The summed E-state index contributed by atoms with van der Waals surface area (Å²) in [7, 11) is 0. The van der Waals surface area contributed by atoms with E-state index in [1.807, 2.05) is 11.3 Å². The Hall–Kier alpha value is -5.58. The molecule has 1 aromatic heterocycles. The second kappa shape index (κ2) is 17.0. The van der Waals surface area contributed by atoms with Crippen LogP contribution in [0.3, 0.4) is 0 Å². The molecule has 6 aromatic carbocycles. The molecule has 0 fully saturated rings. The maximum absolute atomic E-state index is 2.78. The van der Waals surface area contributed by atoms with Crippen LogP contribution in [0.15, 0.2) is 133 Å². The first kappa shape index (κ1) is 49.6. The van der Waals surface area contributed by atoms with Crippen LogP contribution in [0.4, 0.5) is 33.4 Å². The molecule has 0 bridgehead atoms. The fourth-order valence-corrected chi connectivity index (χ4v) is 13.9. The molecule has 73 heavy (non-hydrogen) atoms. The Morgan fingerprint density at radius 3 is 1.66 bits per heavy atom. The number of anilines is 6. The van der Waals surface area contributed by atoms with E-state index in [1.54, 1.807) is 0 Å². The molecule has 3 heterocycles. The van der Waals surface area contributed by atoms with E-state index in [-0.39, 0.29) is 45.1 Å². The maximum atomic E-state index is 2.78. The van der Waals surface area contributed by atoms with E-state index >= 15 is 0 Å². The molecule has 0 atom stereocenters. The molecule has 4 heteroatoms. The van der Waals surface area contributed by atoms with Gasteiger partial charge in [0.25, 0.3) is 6.71 Å². The van der Waals surface area contributed by atoms with Gasteiger partial charge in [0, 0.05) is 33.0 Å². The summed E-state index contributed by atoms with van der Waals surface area (Å²) in [5, 5.41) is 2.77. The molecule has 0 amide bonds. The average molecular weight is 979 g/mol. The van der Waals surface area contributed by atoms with E-state index in [1.165, 1.54) is 123 Å². The van der Waals surface area contributed by atoms with Crippen LogP contribution in [-0.4, -0.2) is 6.71 Å². The highest BCUT2D eigenvalue weighted by Gasteiger charge is 2.48. The monoisotopic (exact) mass is 979 g/mol. The zero-order chi connectivity index (χ0) is 51.9. The van der Waals surface area contributed by atoms with Crippen molar-refractivity contribution in [3.05, 3.63) is 172 Å². The largest absolute Gasteiger partial charge is 0.311 e. The van der Waals surface area contributed by atoms with Gasteiger partial charge in [0.1, 0.15) is 0 Å². The zero-order valence-corrected chi connectivity index (χ0v) is 47.8. The SMILES string of the molecule is CC(C)(C)c1ccc(N2c3cc(C(C)(C)C)cc4c3B(c3cc(C(C)(C)C)ccc3N4c3c(-c4ccccc4)cc(C(C)(C)C)cc3C3CC=CC=CC3)c3c2sc2cc4c(cc32)C(C)(C)CCC4(C)C)cc1. The number of benzene rings is 6. The fraction of sp³-hybridized carbons (Fsp3) is 0.391. The summed E-state index contributed by atoms with van der Waals surface area (Å²) in [6.45, 7) is 38.5. The quantitative estimate of drug-likeness (QED) is 0.162. The molecule has 0 saturated carbocycles. The van der Waals surface area contributed by atoms with E-state index in [0.717, 1.165) is 12.8 Å². The molecule has 7 aromatic rings. The van der Waals surface area contributed by atoms with Crippen molar-refractivity contribution < 1.29 is 0 Å². The lowest BCUT2D eigenvalue weighted by Gasteiger charge is -2.46. The maximum Gasteiger partial charge on any atom is 0.254 e. The van der Waals surface area contributed by atoms with Crippen LogP contribution in [0.1, 0.15) is 181 Å². The Labute approximate surface area is 443 Å². The summed E-state index contributed by atoms with van der Waals surface area (Å²) in [5.74, 6) is 0.287. The van der Waals surface area contributed by atoms with Crippen molar-refractivity contribution in [2.45, 2.75) is 175 Å². The molecule has 374 valence electrons. The number of hydrogen-bond acceptors (Lipinski definition) is 3. The van der Waals surface area contributed by atoms with Crippen LogP contribution in [-0.2, 0) is 32.5 Å². The predicted octanol–water partition coefficient (Wildman–Crippen LogP) is 18.2. The molecular formula is C69H79BN2S. The lowest BCUT2D eigenvalue weighted by atomic mass is 9.33. The van der Waals surface area contributed by atoms with Gasteiger partial charge >= 0.3 is 0 Å². The van der Waals surface area contributed by atoms with Crippen LogP contribution in [0, 0.1) is 0 Å². The van der Waals surface area contributed by atoms with Gasteiger partial charge in [-0.3, -0.25) is 0 Å². The van der Waals surface area contributed by atoms with E-state index in [4.69, 9.17) is 0 Å². The van der Waals surface area contributed by atoms with Crippen LogP contribution in [0.5, 0.6) is 0 Å². The molecule has 0 radical (unpaired) electrons. The topological polar surface area (TPSA) is 6.48 Å². The fourth-order valence-electron chi connectivity index (χ4n) is 12.6. The second-order valence-electron chi connectivity index (χ2n) is 27.7. The summed E-state index contributed by atoms with van der Waals surface area (Å²) in [6.07, 6.45) is 13.6.